The number of nitrogens with one attached hydrogen (secondary N) is 2. The van der Waals surface area contributed by atoms with Crippen LogP contribution in [0.15, 0.2) is 21.4 Å². The van der Waals surface area contributed by atoms with Gasteiger partial charge in [-0.25, -0.2) is 0 Å². The third kappa shape index (κ3) is 3.50. The summed E-state index contributed by atoms with van der Waals surface area (Å²) >= 11 is 3.17. The van der Waals surface area contributed by atoms with E-state index in [9.17, 15) is 4.79 Å². The molecule has 4 nitrogen and oxygen atoms in total. The van der Waals surface area contributed by atoms with E-state index in [0.717, 1.165) is 25.9 Å². The number of halogens is 2. The first-order chi connectivity index (χ1) is 7.25. The van der Waals surface area contributed by atoms with Crippen molar-refractivity contribution in [3.63, 3.8) is 0 Å². The SMILES string of the molecule is Cl.O=C(NC1CCCNC1)c1coc(Br)c1. The highest BCUT2D eigenvalue weighted by Crippen LogP contribution is 2.14. The highest BCUT2D eigenvalue weighted by Gasteiger charge is 2.17. The number of hydrogen-bond donors (Lipinski definition) is 2. The Morgan fingerprint density at radius 3 is 3.00 bits per heavy atom. The van der Waals surface area contributed by atoms with Gasteiger partial charge in [0, 0.05) is 18.7 Å². The predicted molar refractivity (Wildman–Crippen MR) is 67.0 cm³/mol. The molecule has 0 aliphatic carbocycles. The van der Waals surface area contributed by atoms with Gasteiger partial charge in [-0.1, -0.05) is 0 Å². The fourth-order valence-corrected chi connectivity index (χ4v) is 2.01. The Hall–Kier alpha value is -0.520. The van der Waals surface area contributed by atoms with E-state index in [1.54, 1.807) is 6.07 Å². The van der Waals surface area contributed by atoms with Crippen LogP contribution in [0.4, 0.5) is 0 Å². The summed E-state index contributed by atoms with van der Waals surface area (Å²) in [5, 5.41) is 6.22. The van der Waals surface area contributed by atoms with Crippen LogP contribution >= 0.6 is 28.3 Å². The minimum Gasteiger partial charge on any atom is -0.457 e. The maximum atomic E-state index is 11.7. The molecule has 0 saturated carbocycles. The van der Waals surface area contributed by atoms with Crippen LogP contribution in [0.2, 0.25) is 0 Å². The number of hydrogen-bond acceptors (Lipinski definition) is 3. The minimum atomic E-state index is -0.0712. The van der Waals surface area contributed by atoms with Crippen molar-refractivity contribution >= 4 is 34.2 Å². The van der Waals surface area contributed by atoms with E-state index in [4.69, 9.17) is 4.42 Å². The van der Waals surface area contributed by atoms with Crippen LogP contribution in [0, 0.1) is 0 Å². The monoisotopic (exact) mass is 308 g/mol. The number of furan rings is 1. The Balaban J connectivity index is 0.00000128. The van der Waals surface area contributed by atoms with Gasteiger partial charge in [-0.2, -0.15) is 0 Å². The zero-order valence-electron chi connectivity index (χ0n) is 8.66. The van der Waals surface area contributed by atoms with Crippen molar-refractivity contribution in [3.8, 4) is 0 Å². The molecule has 90 valence electrons. The standard InChI is InChI=1S/C10H13BrN2O2.ClH/c11-9-4-7(6-15-9)10(14)13-8-2-1-3-12-5-8;/h4,6,8,12H,1-3,5H2,(H,13,14);1H. The second kappa shape index (κ2) is 6.27. The second-order valence-corrected chi connectivity index (χ2v) is 4.44. The minimum absolute atomic E-state index is 0. The lowest BCUT2D eigenvalue weighted by atomic mass is 10.1. The first kappa shape index (κ1) is 13.5. The fraction of sp³-hybridized carbons (Fsp3) is 0.500. The summed E-state index contributed by atoms with van der Waals surface area (Å²) in [5.41, 5.74) is 0.562. The summed E-state index contributed by atoms with van der Waals surface area (Å²) in [6.45, 7) is 1.90. The van der Waals surface area contributed by atoms with Gasteiger partial charge in [0.1, 0.15) is 6.26 Å². The van der Waals surface area contributed by atoms with Gasteiger partial charge in [0.25, 0.3) is 5.91 Å². The molecule has 1 aromatic rings. The molecule has 1 amide bonds. The van der Waals surface area contributed by atoms with Crippen molar-refractivity contribution < 1.29 is 9.21 Å². The smallest absolute Gasteiger partial charge is 0.254 e. The number of piperidine rings is 1. The van der Waals surface area contributed by atoms with Crippen LogP contribution in [0.3, 0.4) is 0 Å². The molecule has 0 radical (unpaired) electrons. The quantitative estimate of drug-likeness (QED) is 0.878. The number of amides is 1. The normalized spacial score (nSPS) is 19.9. The highest BCUT2D eigenvalue weighted by molar-refractivity contribution is 9.10. The first-order valence-electron chi connectivity index (χ1n) is 5.01. The summed E-state index contributed by atoms with van der Waals surface area (Å²) in [5.74, 6) is -0.0712. The first-order valence-corrected chi connectivity index (χ1v) is 5.80. The third-order valence-corrected chi connectivity index (χ3v) is 2.88. The van der Waals surface area contributed by atoms with Crippen molar-refractivity contribution in [1.82, 2.24) is 10.6 Å². The van der Waals surface area contributed by atoms with Crippen molar-refractivity contribution in [3.05, 3.63) is 22.6 Å². The molecule has 1 fully saturated rings. The van der Waals surface area contributed by atoms with Gasteiger partial charge < -0.3 is 15.1 Å². The summed E-state index contributed by atoms with van der Waals surface area (Å²) in [4.78, 5) is 11.7. The molecule has 0 spiro atoms. The van der Waals surface area contributed by atoms with Gasteiger partial charge in [0.2, 0.25) is 0 Å². The van der Waals surface area contributed by atoms with Crippen molar-refractivity contribution in [2.45, 2.75) is 18.9 Å². The molecule has 1 aliphatic rings. The molecule has 6 heteroatoms. The van der Waals surface area contributed by atoms with Crippen LogP contribution in [0.25, 0.3) is 0 Å². The molecule has 2 rings (SSSR count). The van der Waals surface area contributed by atoms with E-state index in [-0.39, 0.29) is 24.4 Å². The van der Waals surface area contributed by atoms with E-state index in [1.807, 2.05) is 0 Å². The van der Waals surface area contributed by atoms with Crippen molar-refractivity contribution in [2.24, 2.45) is 0 Å². The van der Waals surface area contributed by atoms with E-state index in [1.165, 1.54) is 6.26 Å². The topological polar surface area (TPSA) is 54.3 Å². The summed E-state index contributed by atoms with van der Waals surface area (Å²) in [7, 11) is 0. The average molecular weight is 310 g/mol. The summed E-state index contributed by atoms with van der Waals surface area (Å²) < 4.78 is 5.59. The summed E-state index contributed by atoms with van der Waals surface area (Å²) in [6.07, 6.45) is 3.60. The average Bonchev–Trinajstić information content (AvgIpc) is 2.66. The van der Waals surface area contributed by atoms with Crippen LogP contribution < -0.4 is 10.6 Å². The van der Waals surface area contributed by atoms with E-state index < -0.39 is 0 Å². The van der Waals surface area contributed by atoms with Gasteiger partial charge in [-0.05, 0) is 35.3 Å². The molecule has 0 aromatic carbocycles. The maximum Gasteiger partial charge on any atom is 0.254 e. The molecule has 2 heterocycles. The van der Waals surface area contributed by atoms with Gasteiger partial charge in [0.15, 0.2) is 4.67 Å². The molecule has 1 aromatic heterocycles. The Morgan fingerprint density at radius 1 is 1.62 bits per heavy atom. The van der Waals surface area contributed by atoms with E-state index in [2.05, 4.69) is 26.6 Å². The third-order valence-electron chi connectivity index (χ3n) is 2.46. The lowest BCUT2D eigenvalue weighted by Crippen LogP contribution is -2.45. The Bertz CT molecular complexity index is 350. The fourth-order valence-electron chi connectivity index (χ4n) is 1.67. The lowest BCUT2D eigenvalue weighted by molar-refractivity contribution is 0.0930. The molecular formula is C10H14BrClN2O2. The number of carbonyl (C=O) groups is 1. The van der Waals surface area contributed by atoms with E-state index in [0.29, 0.717) is 10.2 Å². The van der Waals surface area contributed by atoms with E-state index >= 15 is 0 Å². The molecule has 1 saturated heterocycles. The lowest BCUT2D eigenvalue weighted by Gasteiger charge is -2.23. The molecule has 1 aliphatic heterocycles. The van der Waals surface area contributed by atoms with Gasteiger partial charge >= 0.3 is 0 Å². The Morgan fingerprint density at radius 2 is 2.44 bits per heavy atom. The van der Waals surface area contributed by atoms with Crippen LogP contribution in [0.1, 0.15) is 23.2 Å². The van der Waals surface area contributed by atoms with Gasteiger partial charge in [0.05, 0.1) is 5.56 Å². The summed E-state index contributed by atoms with van der Waals surface area (Å²) in [6, 6.07) is 1.91. The zero-order chi connectivity index (χ0) is 10.7. The molecule has 1 atom stereocenters. The van der Waals surface area contributed by atoms with Crippen molar-refractivity contribution in [2.75, 3.05) is 13.1 Å². The zero-order valence-corrected chi connectivity index (χ0v) is 11.1. The number of carbonyl (C=O) groups excluding carboxylic acids is 1. The van der Waals surface area contributed by atoms with Crippen LogP contribution in [-0.4, -0.2) is 25.0 Å². The van der Waals surface area contributed by atoms with Crippen molar-refractivity contribution in [1.29, 1.82) is 0 Å². The van der Waals surface area contributed by atoms with Crippen LogP contribution in [0.5, 0.6) is 0 Å². The molecule has 2 N–H and O–H groups in total. The highest BCUT2D eigenvalue weighted by atomic mass is 79.9. The molecule has 1 unspecified atom stereocenters. The largest absolute Gasteiger partial charge is 0.457 e. The van der Waals surface area contributed by atoms with Crippen LogP contribution in [-0.2, 0) is 0 Å². The second-order valence-electron chi connectivity index (χ2n) is 3.66. The number of rotatable bonds is 2. The van der Waals surface area contributed by atoms with Gasteiger partial charge in [-0.15, -0.1) is 12.4 Å². The molecule has 0 bridgehead atoms. The Kier molecular flexibility index (Phi) is 5.31. The predicted octanol–water partition coefficient (Wildman–Crippen LogP) is 1.95. The molecule has 16 heavy (non-hydrogen) atoms. The van der Waals surface area contributed by atoms with Gasteiger partial charge in [-0.3, -0.25) is 4.79 Å². The maximum absolute atomic E-state index is 11.7. The molecular weight excluding hydrogens is 295 g/mol. The Labute approximate surface area is 109 Å².